The highest BCUT2D eigenvalue weighted by Crippen LogP contribution is 2.59. The number of rotatable bonds is 8. The molecule has 0 aromatic rings. The highest BCUT2D eigenvalue weighted by Gasteiger charge is 2.54. The van der Waals surface area contributed by atoms with E-state index in [9.17, 15) is 10.2 Å². The van der Waals surface area contributed by atoms with Crippen LogP contribution in [0.25, 0.3) is 0 Å². The van der Waals surface area contributed by atoms with Crippen LogP contribution in [0.15, 0.2) is 0 Å². The first kappa shape index (κ1) is 26.5. The van der Waals surface area contributed by atoms with Crippen molar-refractivity contribution in [2.24, 2.45) is 46.8 Å². The van der Waals surface area contributed by atoms with Crippen LogP contribution in [0.5, 0.6) is 0 Å². The molecule has 3 heteroatoms. The zero-order chi connectivity index (χ0) is 23.7. The van der Waals surface area contributed by atoms with Crippen LogP contribution in [0.1, 0.15) is 113 Å². The van der Waals surface area contributed by atoms with Gasteiger partial charge in [-0.3, -0.25) is 0 Å². The average molecular weight is 451 g/mol. The van der Waals surface area contributed by atoms with E-state index in [0.717, 1.165) is 42.9 Å². The summed E-state index contributed by atoms with van der Waals surface area (Å²) < 4.78 is 6.23. The lowest BCUT2D eigenvalue weighted by Crippen LogP contribution is -2.52. The summed E-state index contributed by atoms with van der Waals surface area (Å²) in [5, 5.41) is 21.9. The van der Waals surface area contributed by atoms with E-state index in [1.807, 2.05) is 0 Å². The van der Waals surface area contributed by atoms with Crippen molar-refractivity contribution < 1.29 is 14.9 Å². The molecule has 3 saturated carbocycles. The van der Waals surface area contributed by atoms with Crippen molar-refractivity contribution in [3.05, 3.63) is 0 Å². The second-order valence-electron chi connectivity index (χ2n) is 13.5. The molecular formula is C29H54O3. The van der Waals surface area contributed by atoms with Gasteiger partial charge < -0.3 is 14.9 Å². The third-order valence-electron chi connectivity index (χ3n) is 9.81. The van der Waals surface area contributed by atoms with Crippen molar-refractivity contribution in [1.29, 1.82) is 0 Å². The van der Waals surface area contributed by atoms with Crippen LogP contribution in [-0.2, 0) is 4.74 Å². The maximum Gasteiger partial charge on any atom is 0.0621 e. The van der Waals surface area contributed by atoms with Crippen LogP contribution >= 0.6 is 0 Å². The zero-order valence-electron chi connectivity index (χ0n) is 22.3. The Balaban J connectivity index is 1.64. The highest BCUT2D eigenvalue weighted by atomic mass is 16.5. The predicted molar refractivity (Wildman–Crippen MR) is 133 cm³/mol. The molecule has 0 amide bonds. The van der Waals surface area contributed by atoms with Gasteiger partial charge >= 0.3 is 0 Å². The molecule has 0 bridgehead atoms. The Bertz CT molecular complexity index is 581. The summed E-state index contributed by atoms with van der Waals surface area (Å²) in [6.07, 6.45) is 11.8. The third-order valence-corrected chi connectivity index (χ3v) is 9.81. The summed E-state index contributed by atoms with van der Waals surface area (Å²) in [7, 11) is 0. The minimum atomic E-state index is -0.327. The molecule has 32 heavy (non-hydrogen) atoms. The fourth-order valence-electron chi connectivity index (χ4n) is 8.14. The fourth-order valence-corrected chi connectivity index (χ4v) is 8.14. The second-order valence-corrected chi connectivity index (χ2v) is 13.5. The van der Waals surface area contributed by atoms with E-state index in [-0.39, 0.29) is 23.2 Å². The summed E-state index contributed by atoms with van der Waals surface area (Å²) in [6.45, 7) is 16.1. The maximum atomic E-state index is 11.3. The molecule has 0 spiro atoms. The second kappa shape index (κ2) is 10.6. The zero-order valence-corrected chi connectivity index (χ0v) is 22.3. The van der Waals surface area contributed by atoms with Gasteiger partial charge in [0, 0.05) is 13.0 Å². The first-order chi connectivity index (χ1) is 15.0. The van der Waals surface area contributed by atoms with Crippen LogP contribution < -0.4 is 0 Å². The fraction of sp³-hybridized carbons (Fsp3) is 1.00. The summed E-state index contributed by atoms with van der Waals surface area (Å²) in [6, 6.07) is 0. The molecule has 0 radical (unpaired) electrons. The normalized spacial score (nSPS) is 41.6. The summed E-state index contributed by atoms with van der Waals surface area (Å²) in [5.41, 5.74) is -0.244. The van der Waals surface area contributed by atoms with Crippen molar-refractivity contribution in [3.8, 4) is 0 Å². The molecule has 188 valence electrons. The molecule has 3 rings (SSSR count). The van der Waals surface area contributed by atoms with E-state index in [1.165, 1.54) is 44.9 Å². The number of hydrogen-bond donors (Lipinski definition) is 2. The van der Waals surface area contributed by atoms with Gasteiger partial charge in [-0.05, 0) is 106 Å². The lowest BCUT2D eigenvalue weighted by molar-refractivity contribution is -0.154. The van der Waals surface area contributed by atoms with Crippen LogP contribution in [-0.4, -0.2) is 34.6 Å². The smallest absolute Gasteiger partial charge is 0.0621 e. The lowest BCUT2D eigenvalue weighted by atomic mass is 9.53. The SMILES string of the molecule is CC(C)CCCC(C)C1CCC2C1CCC(C1(C)CCC(OC(C)(C)C)CC1O)C2CO. The molecule has 3 aliphatic carbocycles. The first-order valence-electron chi connectivity index (χ1n) is 13.9. The van der Waals surface area contributed by atoms with Crippen LogP contribution in [0.4, 0.5) is 0 Å². The molecule has 0 aromatic carbocycles. The van der Waals surface area contributed by atoms with Crippen molar-refractivity contribution >= 4 is 0 Å². The number of aliphatic hydroxyl groups is 2. The average Bonchev–Trinajstić information content (AvgIpc) is 3.13. The van der Waals surface area contributed by atoms with E-state index in [2.05, 4.69) is 48.5 Å². The topological polar surface area (TPSA) is 49.7 Å². The largest absolute Gasteiger partial charge is 0.396 e. The molecule has 3 aliphatic rings. The Hall–Kier alpha value is -0.120. The van der Waals surface area contributed by atoms with Crippen molar-refractivity contribution in [2.75, 3.05) is 6.61 Å². The molecule has 0 aromatic heterocycles. The minimum Gasteiger partial charge on any atom is -0.396 e. The van der Waals surface area contributed by atoms with E-state index in [1.54, 1.807) is 0 Å². The maximum absolute atomic E-state index is 11.3. The summed E-state index contributed by atoms with van der Waals surface area (Å²) in [5.74, 6) is 4.71. The summed E-state index contributed by atoms with van der Waals surface area (Å²) in [4.78, 5) is 0. The van der Waals surface area contributed by atoms with Crippen molar-refractivity contribution in [2.45, 2.75) is 130 Å². The molecular weight excluding hydrogens is 396 g/mol. The molecule has 0 aliphatic heterocycles. The van der Waals surface area contributed by atoms with Gasteiger partial charge in [-0.2, -0.15) is 0 Å². The van der Waals surface area contributed by atoms with E-state index < -0.39 is 0 Å². The first-order valence-corrected chi connectivity index (χ1v) is 13.9. The Morgan fingerprint density at radius 1 is 0.969 bits per heavy atom. The molecule has 3 nitrogen and oxygen atoms in total. The van der Waals surface area contributed by atoms with Crippen LogP contribution in [0.2, 0.25) is 0 Å². The van der Waals surface area contributed by atoms with E-state index >= 15 is 0 Å². The predicted octanol–water partition coefficient (Wildman–Crippen LogP) is 6.84. The van der Waals surface area contributed by atoms with Gasteiger partial charge in [0.25, 0.3) is 0 Å². The van der Waals surface area contributed by atoms with Crippen molar-refractivity contribution in [1.82, 2.24) is 0 Å². The van der Waals surface area contributed by atoms with Gasteiger partial charge in [-0.15, -0.1) is 0 Å². The molecule has 2 N–H and O–H groups in total. The number of hydrogen-bond acceptors (Lipinski definition) is 3. The Labute approximate surface area is 199 Å². The number of fused-ring (bicyclic) bond motifs is 1. The number of aliphatic hydroxyl groups excluding tert-OH is 2. The van der Waals surface area contributed by atoms with E-state index in [0.29, 0.717) is 24.4 Å². The van der Waals surface area contributed by atoms with Gasteiger partial charge in [0.05, 0.1) is 17.8 Å². The lowest BCUT2D eigenvalue weighted by Gasteiger charge is -2.54. The quantitative estimate of drug-likeness (QED) is 0.425. The monoisotopic (exact) mass is 450 g/mol. The van der Waals surface area contributed by atoms with Gasteiger partial charge in [0.15, 0.2) is 0 Å². The highest BCUT2D eigenvalue weighted by molar-refractivity contribution is 5.03. The molecule has 0 saturated heterocycles. The Kier molecular flexibility index (Phi) is 8.81. The van der Waals surface area contributed by atoms with E-state index in [4.69, 9.17) is 4.74 Å². The molecule has 0 heterocycles. The molecule has 3 fully saturated rings. The number of ether oxygens (including phenoxy) is 1. The third kappa shape index (κ3) is 5.92. The Morgan fingerprint density at radius 2 is 1.66 bits per heavy atom. The Morgan fingerprint density at radius 3 is 2.25 bits per heavy atom. The summed E-state index contributed by atoms with van der Waals surface area (Å²) >= 11 is 0. The molecule has 9 atom stereocenters. The minimum absolute atomic E-state index is 0.0862. The molecule has 9 unspecified atom stereocenters. The van der Waals surface area contributed by atoms with Gasteiger partial charge in [-0.25, -0.2) is 0 Å². The van der Waals surface area contributed by atoms with Gasteiger partial charge in [0.1, 0.15) is 0 Å². The standard InChI is InChI=1S/C29H54O3/c1-19(2)9-8-10-20(3)22-11-12-24-23(22)13-14-26(25(24)18-30)29(7)16-15-21(17-27(29)31)32-28(4,5)6/h19-27,30-31H,8-18H2,1-7H3. The van der Waals surface area contributed by atoms with Crippen molar-refractivity contribution in [3.63, 3.8) is 0 Å². The van der Waals surface area contributed by atoms with Gasteiger partial charge in [-0.1, -0.05) is 47.0 Å². The van der Waals surface area contributed by atoms with Crippen LogP contribution in [0, 0.1) is 46.8 Å². The van der Waals surface area contributed by atoms with Gasteiger partial charge in [0.2, 0.25) is 0 Å². The van der Waals surface area contributed by atoms with Crippen LogP contribution in [0.3, 0.4) is 0 Å².